The zero-order chi connectivity index (χ0) is 22.7. The van der Waals surface area contributed by atoms with Gasteiger partial charge in [0.05, 0.1) is 12.6 Å². The van der Waals surface area contributed by atoms with Crippen LogP contribution in [0, 0.1) is 0 Å². The second kappa shape index (κ2) is 9.01. The molecule has 1 atom stereocenters. The lowest BCUT2D eigenvalue weighted by atomic mass is 10.2. The van der Waals surface area contributed by atoms with Gasteiger partial charge in [-0.3, -0.25) is 4.90 Å². The van der Waals surface area contributed by atoms with Crippen molar-refractivity contribution in [2.24, 2.45) is 0 Å². The summed E-state index contributed by atoms with van der Waals surface area (Å²) in [4.78, 5) is 14.4. The lowest BCUT2D eigenvalue weighted by Crippen LogP contribution is -2.67. The minimum absolute atomic E-state index is 0.0727. The summed E-state index contributed by atoms with van der Waals surface area (Å²) in [5.74, 6) is 0. The maximum atomic E-state index is 12.7. The van der Waals surface area contributed by atoms with Gasteiger partial charge in [-0.2, -0.15) is 0 Å². The average Bonchev–Trinajstić information content (AvgIpc) is 3.17. The van der Waals surface area contributed by atoms with Crippen LogP contribution in [-0.2, 0) is 9.16 Å². The fourth-order valence-corrected chi connectivity index (χ4v) is 8.82. The topological polar surface area (TPSA) is 38.8 Å². The number of carbonyl (C=O) groups is 1. The maximum Gasteiger partial charge on any atom is 0.414 e. The molecule has 2 aromatic rings. The van der Waals surface area contributed by atoms with Crippen molar-refractivity contribution in [2.45, 2.75) is 64.6 Å². The number of amides is 1. The highest BCUT2D eigenvalue weighted by Crippen LogP contribution is 2.37. The molecule has 0 fully saturated rings. The lowest BCUT2D eigenvalue weighted by molar-refractivity contribution is 0.0248. The van der Waals surface area contributed by atoms with Gasteiger partial charge in [0.2, 0.25) is 0 Å². The molecule has 0 aliphatic carbocycles. The molecule has 0 spiro atoms. The SMILES string of the molecule is CC(C)(C)OC(=O)N1C=CC[C@@H]1CO[Si](c1ccccc1)(c1ccccc1)C(C)(C)C. The third-order valence-corrected chi connectivity index (χ3v) is 10.6. The van der Waals surface area contributed by atoms with Crippen molar-refractivity contribution in [2.75, 3.05) is 6.61 Å². The standard InChI is InChI=1S/C26H35NO3Si/c1-25(2,3)30-24(28)27-19-13-14-21(27)20-29-31(26(4,5)6,22-15-9-7-10-16-22)23-17-11-8-12-18-23/h7-13,15-19,21H,14,20H2,1-6H3/t21-/m1/s1. The number of ether oxygens (including phenoxy) is 1. The summed E-state index contributed by atoms with van der Waals surface area (Å²) in [6.45, 7) is 12.9. The summed E-state index contributed by atoms with van der Waals surface area (Å²) in [5, 5.41) is 2.38. The van der Waals surface area contributed by atoms with Crippen LogP contribution in [0.1, 0.15) is 48.0 Å². The first-order valence-corrected chi connectivity index (χ1v) is 12.9. The Morgan fingerprint density at radius 1 is 0.935 bits per heavy atom. The van der Waals surface area contributed by atoms with Gasteiger partial charge >= 0.3 is 6.09 Å². The number of hydrogen-bond acceptors (Lipinski definition) is 3. The van der Waals surface area contributed by atoms with Crippen LogP contribution in [0.2, 0.25) is 5.04 Å². The van der Waals surface area contributed by atoms with Crippen molar-refractivity contribution in [1.82, 2.24) is 4.90 Å². The van der Waals surface area contributed by atoms with Gasteiger partial charge in [0, 0.05) is 6.20 Å². The Hall–Kier alpha value is -2.37. The molecule has 1 heterocycles. The summed E-state index contributed by atoms with van der Waals surface area (Å²) in [6, 6.07) is 21.1. The van der Waals surface area contributed by atoms with Crippen LogP contribution < -0.4 is 10.4 Å². The van der Waals surface area contributed by atoms with Crippen molar-refractivity contribution >= 4 is 24.8 Å². The highest BCUT2D eigenvalue weighted by molar-refractivity contribution is 6.99. The second-order valence-corrected chi connectivity index (χ2v) is 14.4. The van der Waals surface area contributed by atoms with E-state index in [1.165, 1.54) is 10.4 Å². The van der Waals surface area contributed by atoms with Crippen molar-refractivity contribution in [3.63, 3.8) is 0 Å². The summed E-state index contributed by atoms with van der Waals surface area (Å²) >= 11 is 0. The molecule has 5 heteroatoms. The molecule has 166 valence electrons. The quantitative estimate of drug-likeness (QED) is 0.612. The predicted molar refractivity (Wildman–Crippen MR) is 129 cm³/mol. The van der Waals surface area contributed by atoms with E-state index in [9.17, 15) is 4.79 Å². The fraction of sp³-hybridized carbons (Fsp3) is 0.423. The molecule has 1 aliphatic heterocycles. The van der Waals surface area contributed by atoms with E-state index in [-0.39, 0.29) is 17.2 Å². The van der Waals surface area contributed by atoms with E-state index in [1.54, 1.807) is 4.90 Å². The van der Waals surface area contributed by atoms with Gasteiger partial charge in [0.15, 0.2) is 0 Å². The molecule has 4 nitrogen and oxygen atoms in total. The Balaban J connectivity index is 1.94. The Labute approximate surface area is 188 Å². The Bertz CT molecular complexity index is 858. The first kappa shape index (κ1) is 23.3. The molecule has 0 radical (unpaired) electrons. The van der Waals surface area contributed by atoms with Crippen LogP contribution in [0.25, 0.3) is 0 Å². The molecule has 1 aliphatic rings. The third-order valence-electron chi connectivity index (χ3n) is 5.58. The van der Waals surface area contributed by atoms with E-state index in [2.05, 4.69) is 69.3 Å². The number of carbonyl (C=O) groups excluding carboxylic acids is 1. The molecule has 0 aromatic heterocycles. The van der Waals surface area contributed by atoms with Crippen LogP contribution in [0.3, 0.4) is 0 Å². The van der Waals surface area contributed by atoms with Crippen molar-refractivity contribution in [3.8, 4) is 0 Å². The molecule has 0 unspecified atom stereocenters. The summed E-state index contributed by atoms with van der Waals surface area (Å²) < 4.78 is 12.6. The Morgan fingerprint density at radius 2 is 1.45 bits per heavy atom. The number of benzene rings is 2. The van der Waals surface area contributed by atoms with E-state index in [4.69, 9.17) is 9.16 Å². The van der Waals surface area contributed by atoms with Crippen LogP contribution in [-0.4, -0.2) is 37.6 Å². The number of rotatable bonds is 5. The van der Waals surface area contributed by atoms with E-state index in [0.717, 1.165) is 6.42 Å². The highest BCUT2D eigenvalue weighted by atomic mass is 28.4. The minimum atomic E-state index is -2.63. The average molecular weight is 438 g/mol. The van der Waals surface area contributed by atoms with Gasteiger partial charge in [-0.15, -0.1) is 0 Å². The molecular weight excluding hydrogens is 402 g/mol. The largest absolute Gasteiger partial charge is 0.443 e. The van der Waals surface area contributed by atoms with Crippen molar-refractivity contribution in [3.05, 3.63) is 72.9 Å². The second-order valence-electron chi connectivity index (χ2n) is 10.1. The van der Waals surface area contributed by atoms with Gasteiger partial charge in [0.1, 0.15) is 5.60 Å². The van der Waals surface area contributed by atoms with E-state index in [1.807, 2.05) is 45.2 Å². The summed E-state index contributed by atoms with van der Waals surface area (Å²) in [7, 11) is -2.63. The third kappa shape index (κ3) is 5.10. The maximum absolute atomic E-state index is 12.7. The van der Waals surface area contributed by atoms with E-state index < -0.39 is 13.9 Å². The molecular formula is C26H35NO3Si. The van der Waals surface area contributed by atoms with Crippen LogP contribution in [0.5, 0.6) is 0 Å². The Morgan fingerprint density at radius 3 is 1.90 bits per heavy atom. The minimum Gasteiger partial charge on any atom is -0.443 e. The molecule has 31 heavy (non-hydrogen) atoms. The van der Waals surface area contributed by atoms with Gasteiger partial charge in [0.25, 0.3) is 8.32 Å². The van der Waals surface area contributed by atoms with Crippen LogP contribution >= 0.6 is 0 Å². The van der Waals surface area contributed by atoms with Crippen molar-refractivity contribution in [1.29, 1.82) is 0 Å². The van der Waals surface area contributed by atoms with E-state index >= 15 is 0 Å². The van der Waals surface area contributed by atoms with Crippen molar-refractivity contribution < 1.29 is 14.0 Å². The summed E-state index contributed by atoms with van der Waals surface area (Å²) in [6.07, 6.45) is 4.28. The smallest absolute Gasteiger partial charge is 0.414 e. The highest BCUT2D eigenvalue weighted by Gasteiger charge is 2.50. The molecule has 0 bridgehead atoms. The molecule has 1 amide bonds. The fourth-order valence-electron chi connectivity index (χ4n) is 4.22. The molecule has 0 N–H and O–H groups in total. The van der Waals surface area contributed by atoms with Crippen LogP contribution in [0.4, 0.5) is 4.79 Å². The zero-order valence-electron chi connectivity index (χ0n) is 19.6. The molecule has 3 rings (SSSR count). The number of nitrogens with zero attached hydrogens (tertiary/aromatic N) is 1. The molecule has 0 saturated heterocycles. The van der Waals surface area contributed by atoms with Gasteiger partial charge in [-0.25, -0.2) is 4.79 Å². The normalized spacial score (nSPS) is 17.1. The number of hydrogen-bond donors (Lipinski definition) is 0. The first-order valence-electron chi connectivity index (χ1n) is 11.0. The molecule has 0 saturated carbocycles. The monoisotopic (exact) mass is 437 g/mol. The zero-order valence-corrected chi connectivity index (χ0v) is 20.6. The van der Waals surface area contributed by atoms with Gasteiger partial charge in [-0.1, -0.05) is 87.5 Å². The molecule has 2 aromatic carbocycles. The summed E-state index contributed by atoms with van der Waals surface area (Å²) in [5.41, 5.74) is -0.531. The predicted octanol–water partition coefficient (Wildman–Crippen LogP) is 5.09. The first-order chi connectivity index (χ1) is 14.5. The van der Waals surface area contributed by atoms with Crippen LogP contribution in [0.15, 0.2) is 72.9 Å². The van der Waals surface area contributed by atoms with E-state index in [0.29, 0.717) is 6.61 Å². The van der Waals surface area contributed by atoms with Gasteiger partial charge in [-0.05, 0) is 42.6 Å². The Kier molecular flexibility index (Phi) is 6.77. The lowest BCUT2D eigenvalue weighted by Gasteiger charge is -2.44. The van der Waals surface area contributed by atoms with Gasteiger partial charge < -0.3 is 9.16 Å².